The molecule has 33 heavy (non-hydrogen) atoms. The number of rotatable bonds is 13. The zero-order chi connectivity index (χ0) is 24.5. The van der Waals surface area contributed by atoms with Crippen molar-refractivity contribution < 1.29 is 37.7 Å². The normalized spacial score (nSPS) is 10.8. The summed E-state index contributed by atoms with van der Waals surface area (Å²) in [6.07, 6.45) is 0.316. The van der Waals surface area contributed by atoms with Crippen LogP contribution in [0.3, 0.4) is 0 Å². The lowest BCUT2D eigenvalue weighted by Gasteiger charge is -2.09. The number of alkyl halides is 3. The number of benzene rings is 2. The number of unbranched alkanes of at least 4 members (excludes halogenated alkanes) is 1. The maximum atomic E-state index is 10.6. The fourth-order valence-electron chi connectivity index (χ4n) is 2.79. The van der Waals surface area contributed by atoms with Gasteiger partial charge < -0.3 is 20.3 Å². The van der Waals surface area contributed by atoms with E-state index < -0.39 is 18.1 Å². The molecule has 6 nitrogen and oxygen atoms in total. The van der Waals surface area contributed by atoms with Gasteiger partial charge in [-0.3, -0.25) is 4.79 Å². The molecule has 0 spiro atoms. The minimum Gasteiger partial charge on any atom is -0.494 e. The summed E-state index contributed by atoms with van der Waals surface area (Å²) in [4.78, 5) is 19.3. The number of ether oxygens (including phenoxy) is 1. The van der Waals surface area contributed by atoms with Crippen LogP contribution in [0.1, 0.15) is 36.8 Å². The van der Waals surface area contributed by atoms with Crippen molar-refractivity contribution in [3.8, 4) is 5.75 Å². The van der Waals surface area contributed by atoms with E-state index in [0.29, 0.717) is 6.54 Å². The van der Waals surface area contributed by atoms with Gasteiger partial charge in [-0.25, -0.2) is 4.79 Å². The molecular weight excluding hydrogens is 439 g/mol. The van der Waals surface area contributed by atoms with E-state index in [4.69, 9.17) is 19.7 Å². The van der Waals surface area contributed by atoms with Crippen LogP contribution in [-0.2, 0) is 22.4 Å². The number of aliphatic carboxylic acids is 2. The first-order chi connectivity index (χ1) is 15.7. The summed E-state index contributed by atoms with van der Waals surface area (Å²) in [6.45, 7) is 2.10. The molecule has 9 heteroatoms. The molecule has 0 amide bonds. The second-order valence-electron chi connectivity index (χ2n) is 7.24. The van der Waals surface area contributed by atoms with Crippen LogP contribution in [0.25, 0.3) is 0 Å². The van der Waals surface area contributed by atoms with Crippen molar-refractivity contribution in [3.05, 3.63) is 65.7 Å². The first kappa shape index (κ1) is 28.0. The van der Waals surface area contributed by atoms with E-state index in [9.17, 15) is 18.0 Å². The Hall–Kier alpha value is -3.07. The van der Waals surface area contributed by atoms with Crippen molar-refractivity contribution in [2.45, 2.75) is 44.7 Å². The van der Waals surface area contributed by atoms with Gasteiger partial charge in [0.05, 0.1) is 13.0 Å². The molecule has 0 saturated heterocycles. The van der Waals surface area contributed by atoms with Crippen molar-refractivity contribution in [1.29, 1.82) is 0 Å². The molecule has 0 aliphatic heterocycles. The van der Waals surface area contributed by atoms with Gasteiger partial charge >= 0.3 is 18.1 Å². The first-order valence-corrected chi connectivity index (χ1v) is 10.7. The Bertz CT molecular complexity index is 828. The van der Waals surface area contributed by atoms with Gasteiger partial charge in [0, 0.05) is 6.54 Å². The minimum atomic E-state index is -5.08. The minimum absolute atomic E-state index is 0.174. The molecule has 3 N–H and O–H groups in total. The van der Waals surface area contributed by atoms with E-state index in [-0.39, 0.29) is 6.42 Å². The van der Waals surface area contributed by atoms with Gasteiger partial charge in [-0.2, -0.15) is 13.2 Å². The molecule has 0 saturated carbocycles. The standard InChI is InChI=1S/C22H29NO3.C2HF3O2/c24-22(25)14-16-23-15-7-12-20-11-6-13-21(18-20)26-17-5-4-10-19-8-2-1-3-9-19;3-2(4,5)1(6)7/h1-3,6,8-9,11,13,18,23H,4-5,7,10,12,14-17H2,(H,24,25);(H,6,7). The van der Waals surface area contributed by atoms with Gasteiger partial charge in [-0.15, -0.1) is 0 Å². The molecule has 0 heterocycles. The predicted octanol–water partition coefficient (Wildman–Crippen LogP) is 4.72. The average molecular weight is 470 g/mol. The van der Waals surface area contributed by atoms with Gasteiger partial charge in [0.25, 0.3) is 0 Å². The van der Waals surface area contributed by atoms with Crippen LogP contribution in [-0.4, -0.2) is 48.0 Å². The molecule has 0 atom stereocenters. The van der Waals surface area contributed by atoms with Crippen LogP contribution in [0.5, 0.6) is 5.75 Å². The third-order valence-electron chi connectivity index (χ3n) is 4.45. The molecule has 0 aliphatic carbocycles. The zero-order valence-electron chi connectivity index (χ0n) is 18.3. The number of carboxylic acid groups (broad SMARTS) is 2. The fourth-order valence-corrected chi connectivity index (χ4v) is 2.79. The second kappa shape index (κ2) is 15.7. The zero-order valence-corrected chi connectivity index (χ0v) is 18.3. The maximum absolute atomic E-state index is 10.6. The molecule has 0 aromatic heterocycles. The number of nitrogens with one attached hydrogen (secondary N) is 1. The maximum Gasteiger partial charge on any atom is 0.490 e. The van der Waals surface area contributed by atoms with Crippen molar-refractivity contribution in [2.75, 3.05) is 19.7 Å². The molecule has 2 rings (SSSR count). The van der Waals surface area contributed by atoms with Crippen LogP contribution in [0.4, 0.5) is 13.2 Å². The van der Waals surface area contributed by atoms with E-state index in [1.807, 2.05) is 18.2 Å². The molecule has 0 aliphatic rings. The van der Waals surface area contributed by atoms with E-state index in [1.54, 1.807) is 0 Å². The lowest BCUT2D eigenvalue weighted by Crippen LogP contribution is -2.21. The Morgan fingerprint density at radius 2 is 1.48 bits per heavy atom. The van der Waals surface area contributed by atoms with Crippen LogP contribution < -0.4 is 10.1 Å². The molecule has 2 aromatic rings. The summed E-state index contributed by atoms with van der Waals surface area (Å²) < 4.78 is 37.6. The highest BCUT2D eigenvalue weighted by molar-refractivity contribution is 5.73. The summed E-state index contributed by atoms with van der Waals surface area (Å²) in [5.74, 6) is -2.58. The van der Waals surface area contributed by atoms with Crippen LogP contribution >= 0.6 is 0 Å². The van der Waals surface area contributed by atoms with Crippen molar-refractivity contribution >= 4 is 11.9 Å². The van der Waals surface area contributed by atoms with E-state index in [0.717, 1.165) is 51.0 Å². The third-order valence-corrected chi connectivity index (χ3v) is 4.45. The molecule has 2 aromatic carbocycles. The molecule has 0 bridgehead atoms. The van der Waals surface area contributed by atoms with Crippen molar-refractivity contribution in [1.82, 2.24) is 5.32 Å². The van der Waals surface area contributed by atoms with Gasteiger partial charge in [-0.05, 0) is 61.9 Å². The molecular formula is C24H30F3NO5. The summed E-state index contributed by atoms with van der Waals surface area (Å²) in [5.41, 5.74) is 2.64. The lowest BCUT2D eigenvalue weighted by molar-refractivity contribution is -0.192. The summed E-state index contributed by atoms with van der Waals surface area (Å²) in [5, 5.41) is 18.9. The van der Waals surface area contributed by atoms with Gasteiger partial charge in [-0.1, -0.05) is 42.5 Å². The third kappa shape index (κ3) is 14.6. The molecule has 0 radical (unpaired) electrons. The van der Waals surface area contributed by atoms with Gasteiger partial charge in [0.15, 0.2) is 0 Å². The number of carboxylic acids is 2. The van der Waals surface area contributed by atoms with Crippen LogP contribution in [0, 0.1) is 0 Å². The number of carbonyl (C=O) groups is 2. The van der Waals surface area contributed by atoms with E-state index >= 15 is 0 Å². The lowest BCUT2D eigenvalue weighted by atomic mass is 10.1. The molecule has 0 fully saturated rings. The molecule has 182 valence electrons. The van der Waals surface area contributed by atoms with Crippen LogP contribution in [0.2, 0.25) is 0 Å². The smallest absolute Gasteiger partial charge is 0.490 e. The highest BCUT2D eigenvalue weighted by Gasteiger charge is 2.38. The van der Waals surface area contributed by atoms with Crippen molar-refractivity contribution in [3.63, 3.8) is 0 Å². The Morgan fingerprint density at radius 1 is 0.848 bits per heavy atom. The topological polar surface area (TPSA) is 95.9 Å². The Morgan fingerprint density at radius 3 is 2.12 bits per heavy atom. The summed E-state index contributed by atoms with van der Waals surface area (Å²) in [7, 11) is 0. The number of halogens is 3. The van der Waals surface area contributed by atoms with Crippen molar-refractivity contribution in [2.24, 2.45) is 0 Å². The highest BCUT2D eigenvalue weighted by atomic mass is 19.4. The average Bonchev–Trinajstić information content (AvgIpc) is 2.76. The van der Waals surface area contributed by atoms with E-state index in [1.165, 1.54) is 11.1 Å². The summed E-state index contributed by atoms with van der Waals surface area (Å²) >= 11 is 0. The summed E-state index contributed by atoms with van der Waals surface area (Å²) in [6, 6.07) is 18.8. The predicted molar refractivity (Wildman–Crippen MR) is 118 cm³/mol. The number of hydrogen-bond donors (Lipinski definition) is 3. The largest absolute Gasteiger partial charge is 0.494 e. The quantitative estimate of drug-likeness (QED) is 0.368. The second-order valence-corrected chi connectivity index (χ2v) is 7.24. The SMILES string of the molecule is O=C(O)C(F)(F)F.O=C(O)CCNCCCc1cccc(OCCCCc2ccccc2)c1. The monoisotopic (exact) mass is 469 g/mol. The Balaban J connectivity index is 0.000000675. The molecule has 0 unspecified atom stereocenters. The fraction of sp³-hybridized carbons (Fsp3) is 0.417. The number of aryl methyl sites for hydroxylation is 2. The first-order valence-electron chi connectivity index (χ1n) is 10.7. The van der Waals surface area contributed by atoms with Crippen LogP contribution in [0.15, 0.2) is 54.6 Å². The Kier molecular flexibility index (Phi) is 13.3. The van der Waals surface area contributed by atoms with Gasteiger partial charge in [0.2, 0.25) is 0 Å². The highest BCUT2D eigenvalue weighted by Crippen LogP contribution is 2.15. The number of hydrogen-bond acceptors (Lipinski definition) is 4. The Labute approximate surface area is 191 Å². The van der Waals surface area contributed by atoms with Gasteiger partial charge in [0.1, 0.15) is 5.75 Å². The van der Waals surface area contributed by atoms with E-state index in [2.05, 4.69) is 41.7 Å².